The fraction of sp³-hybridized carbons (Fsp3) is 0.250. The lowest BCUT2D eigenvalue weighted by atomic mass is 9.87. The van der Waals surface area contributed by atoms with Crippen molar-refractivity contribution >= 4 is 11.6 Å². The Hall–Kier alpha value is -4.14. The molecule has 1 amide bonds. The van der Waals surface area contributed by atoms with Gasteiger partial charge in [0, 0.05) is 35.7 Å². The van der Waals surface area contributed by atoms with Crippen molar-refractivity contribution in [2.24, 2.45) is 0 Å². The van der Waals surface area contributed by atoms with Gasteiger partial charge in [-0.1, -0.05) is 12.1 Å². The molecule has 0 saturated heterocycles. The number of anilines is 1. The number of benzene rings is 2. The first-order valence-electron chi connectivity index (χ1n) is 10.00. The first kappa shape index (κ1) is 23.5. The molecule has 0 spiro atoms. The number of carbonyl (C=O) groups is 1. The van der Waals surface area contributed by atoms with Crippen LogP contribution in [-0.4, -0.2) is 37.4 Å². The molecule has 1 heterocycles. The molecule has 0 aliphatic carbocycles. The van der Waals surface area contributed by atoms with Crippen LogP contribution in [0.3, 0.4) is 0 Å². The van der Waals surface area contributed by atoms with E-state index in [0.717, 1.165) is 0 Å². The number of hydrogen-bond donors (Lipinski definition) is 3. The molecule has 0 aliphatic rings. The number of hydrogen-bond acceptors (Lipinski definition) is 8. The van der Waals surface area contributed by atoms with Crippen LogP contribution < -0.4 is 25.2 Å². The molecule has 1 aromatic heterocycles. The number of nitrogens with one attached hydrogen (secondary N) is 1. The van der Waals surface area contributed by atoms with E-state index >= 15 is 0 Å². The predicted octanol–water partition coefficient (Wildman–Crippen LogP) is 3.55. The van der Waals surface area contributed by atoms with E-state index in [-0.39, 0.29) is 40.7 Å². The Kier molecular flexibility index (Phi) is 7.12. The summed E-state index contributed by atoms with van der Waals surface area (Å²) in [5.74, 6) is -0.614. The Bertz CT molecular complexity index is 1220. The van der Waals surface area contributed by atoms with Crippen molar-refractivity contribution in [3.63, 3.8) is 0 Å². The molecule has 3 aromatic rings. The van der Waals surface area contributed by atoms with Crippen molar-refractivity contribution in [3.05, 3.63) is 69.8 Å². The second-order valence-corrected chi connectivity index (χ2v) is 7.22. The SMILES string of the molecule is COc1ccc([C@@H](CC(=O)Nc2cccc(O)c2)c2c(O)cc(C)oc2=O)c(OC)c1OC. The van der Waals surface area contributed by atoms with Crippen molar-refractivity contribution in [1.82, 2.24) is 0 Å². The summed E-state index contributed by atoms with van der Waals surface area (Å²) < 4.78 is 21.5. The van der Waals surface area contributed by atoms with Crippen LogP contribution in [-0.2, 0) is 4.79 Å². The van der Waals surface area contributed by atoms with Crippen LogP contribution in [0.15, 0.2) is 51.7 Å². The monoisotopic (exact) mass is 455 g/mol. The first-order valence-corrected chi connectivity index (χ1v) is 10.00. The summed E-state index contributed by atoms with van der Waals surface area (Å²) >= 11 is 0. The molecular weight excluding hydrogens is 430 g/mol. The zero-order chi connectivity index (χ0) is 24.1. The molecule has 3 rings (SSSR count). The number of aromatic hydroxyl groups is 2. The maximum Gasteiger partial charge on any atom is 0.343 e. The average Bonchev–Trinajstić information content (AvgIpc) is 2.76. The fourth-order valence-electron chi connectivity index (χ4n) is 3.67. The van der Waals surface area contributed by atoms with Crippen molar-refractivity contribution in [2.45, 2.75) is 19.3 Å². The van der Waals surface area contributed by atoms with E-state index < -0.39 is 17.5 Å². The lowest BCUT2D eigenvalue weighted by Gasteiger charge is -2.22. The minimum Gasteiger partial charge on any atom is -0.508 e. The number of aryl methyl sites for hydroxylation is 1. The number of rotatable bonds is 8. The van der Waals surface area contributed by atoms with Crippen molar-refractivity contribution < 1.29 is 33.6 Å². The quantitative estimate of drug-likeness (QED) is 0.471. The molecule has 33 heavy (non-hydrogen) atoms. The smallest absolute Gasteiger partial charge is 0.343 e. The lowest BCUT2D eigenvalue weighted by Crippen LogP contribution is -2.21. The Labute approximate surface area is 190 Å². The van der Waals surface area contributed by atoms with Crippen LogP contribution in [0.1, 0.15) is 29.2 Å². The van der Waals surface area contributed by atoms with Gasteiger partial charge in [0.05, 0.1) is 26.9 Å². The Morgan fingerprint density at radius 1 is 1.03 bits per heavy atom. The van der Waals surface area contributed by atoms with Crippen LogP contribution in [0, 0.1) is 6.92 Å². The lowest BCUT2D eigenvalue weighted by molar-refractivity contribution is -0.116. The topological polar surface area (TPSA) is 127 Å². The number of methoxy groups -OCH3 is 3. The van der Waals surface area contributed by atoms with E-state index in [1.54, 1.807) is 24.3 Å². The summed E-state index contributed by atoms with van der Waals surface area (Å²) in [6.07, 6.45) is -0.247. The van der Waals surface area contributed by atoms with Crippen molar-refractivity contribution in [1.29, 1.82) is 0 Å². The largest absolute Gasteiger partial charge is 0.508 e. The second kappa shape index (κ2) is 9.99. The van der Waals surface area contributed by atoms with Gasteiger partial charge in [0.2, 0.25) is 11.7 Å². The predicted molar refractivity (Wildman–Crippen MR) is 121 cm³/mol. The Morgan fingerprint density at radius 2 is 1.76 bits per heavy atom. The second-order valence-electron chi connectivity index (χ2n) is 7.22. The molecule has 0 aliphatic heterocycles. The van der Waals surface area contributed by atoms with E-state index in [2.05, 4.69) is 5.32 Å². The standard InChI is InChI=1S/C24H25NO8/c1-13-10-18(27)21(24(29)33-13)17(12-20(28)25-14-6-5-7-15(26)11-14)16-8-9-19(30-2)23(32-4)22(16)31-3/h5-11,17,26-27H,12H2,1-4H3,(H,25,28)/t17-/m1/s1. The third-order valence-corrected chi connectivity index (χ3v) is 5.07. The number of amides is 1. The van der Waals surface area contributed by atoms with E-state index in [0.29, 0.717) is 17.0 Å². The normalized spacial score (nSPS) is 11.5. The number of ether oxygens (including phenoxy) is 3. The summed E-state index contributed by atoms with van der Waals surface area (Å²) in [7, 11) is 4.32. The Balaban J connectivity index is 2.13. The third-order valence-electron chi connectivity index (χ3n) is 5.07. The molecule has 2 aromatic carbocycles. The molecular formula is C24H25NO8. The summed E-state index contributed by atoms with van der Waals surface area (Å²) in [5, 5.41) is 23.0. The van der Waals surface area contributed by atoms with E-state index in [9.17, 15) is 19.8 Å². The molecule has 0 bridgehead atoms. The van der Waals surface area contributed by atoms with Gasteiger partial charge in [0.1, 0.15) is 17.3 Å². The van der Waals surface area contributed by atoms with Gasteiger partial charge in [-0.3, -0.25) is 4.79 Å². The van der Waals surface area contributed by atoms with Gasteiger partial charge in [0.25, 0.3) is 0 Å². The first-order chi connectivity index (χ1) is 15.8. The maximum atomic E-state index is 12.9. The molecule has 0 saturated carbocycles. The molecule has 0 radical (unpaired) electrons. The fourth-order valence-corrected chi connectivity index (χ4v) is 3.67. The highest BCUT2D eigenvalue weighted by Crippen LogP contribution is 2.46. The van der Waals surface area contributed by atoms with Gasteiger partial charge in [-0.15, -0.1) is 0 Å². The van der Waals surface area contributed by atoms with Crippen LogP contribution in [0.5, 0.6) is 28.7 Å². The highest BCUT2D eigenvalue weighted by molar-refractivity contribution is 5.92. The van der Waals surface area contributed by atoms with Crippen LogP contribution in [0.25, 0.3) is 0 Å². The van der Waals surface area contributed by atoms with E-state index in [1.807, 2.05) is 0 Å². The summed E-state index contributed by atoms with van der Waals surface area (Å²) in [5.41, 5.74) is -0.0949. The van der Waals surface area contributed by atoms with Gasteiger partial charge >= 0.3 is 5.63 Å². The molecule has 3 N–H and O–H groups in total. The van der Waals surface area contributed by atoms with Gasteiger partial charge in [-0.2, -0.15) is 0 Å². The molecule has 174 valence electrons. The van der Waals surface area contributed by atoms with E-state index in [4.69, 9.17) is 18.6 Å². The minimum atomic E-state index is -0.950. The van der Waals surface area contributed by atoms with Gasteiger partial charge in [-0.25, -0.2) is 4.79 Å². The molecule has 0 fully saturated rings. The van der Waals surface area contributed by atoms with E-state index in [1.165, 1.54) is 46.5 Å². The third kappa shape index (κ3) is 5.03. The molecule has 9 nitrogen and oxygen atoms in total. The number of phenolic OH excluding ortho intramolecular Hbond substituents is 1. The average molecular weight is 455 g/mol. The Morgan fingerprint density at radius 3 is 2.36 bits per heavy atom. The summed E-state index contributed by atoms with van der Waals surface area (Å²) in [6, 6.07) is 10.6. The zero-order valence-electron chi connectivity index (χ0n) is 18.7. The van der Waals surface area contributed by atoms with Gasteiger partial charge in [-0.05, 0) is 25.1 Å². The minimum absolute atomic E-state index is 0.0114. The van der Waals surface area contributed by atoms with Crippen LogP contribution in [0.2, 0.25) is 0 Å². The summed E-state index contributed by atoms with van der Waals surface area (Å²) in [6.45, 7) is 1.53. The molecule has 1 atom stereocenters. The van der Waals surface area contributed by atoms with Crippen LogP contribution in [0.4, 0.5) is 5.69 Å². The maximum absolute atomic E-state index is 12.9. The van der Waals surface area contributed by atoms with Gasteiger partial charge in [0.15, 0.2) is 11.5 Å². The summed E-state index contributed by atoms with van der Waals surface area (Å²) in [4.78, 5) is 25.7. The highest BCUT2D eigenvalue weighted by atomic mass is 16.5. The molecule has 9 heteroatoms. The van der Waals surface area contributed by atoms with Crippen molar-refractivity contribution in [3.8, 4) is 28.7 Å². The zero-order valence-corrected chi connectivity index (χ0v) is 18.7. The van der Waals surface area contributed by atoms with Crippen molar-refractivity contribution in [2.75, 3.05) is 26.6 Å². The number of carbonyl (C=O) groups excluding carboxylic acids is 1. The van der Waals surface area contributed by atoms with Crippen LogP contribution >= 0.6 is 0 Å². The number of phenols is 1. The van der Waals surface area contributed by atoms with Gasteiger partial charge < -0.3 is 34.2 Å². The molecule has 0 unspecified atom stereocenters. The highest BCUT2D eigenvalue weighted by Gasteiger charge is 2.30.